The van der Waals surface area contributed by atoms with E-state index in [1.54, 1.807) is 0 Å². The molecule has 0 spiro atoms. The molecule has 2 rings (SSSR count). The van der Waals surface area contributed by atoms with E-state index in [2.05, 4.69) is 5.32 Å². The Morgan fingerprint density at radius 1 is 1.50 bits per heavy atom. The van der Waals surface area contributed by atoms with Crippen LogP contribution in [0.5, 0.6) is 0 Å². The van der Waals surface area contributed by atoms with Crippen LogP contribution in [0.2, 0.25) is 5.02 Å². The Morgan fingerprint density at radius 2 is 2.38 bits per heavy atom. The monoisotopic (exact) mass is 237 g/mol. The van der Waals surface area contributed by atoms with Crippen LogP contribution in [-0.4, -0.2) is 18.4 Å². The highest BCUT2D eigenvalue weighted by Crippen LogP contribution is 2.14. The second-order valence-corrected chi connectivity index (χ2v) is 4.78. The van der Waals surface area contributed by atoms with Gasteiger partial charge < -0.3 is 5.32 Å². The summed E-state index contributed by atoms with van der Waals surface area (Å²) >= 11 is 5.87. The number of halogens is 1. The van der Waals surface area contributed by atoms with E-state index in [0.29, 0.717) is 29.7 Å². The number of nitrogens with one attached hydrogen (secondary N) is 1. The topological polar surface area (TPSA) is 29.1 Å². The lowest BCUT2D eigenvalue weighted by Gasteiger charge is -2.08. The van der Waals surface area contributed by atoms with Crippen molar-refractivity contribution in [2.75, 3.05) is 6.54 Å². The first-order chi connectivity index (χ1) is 7.74. The average Bonchev–Trinajstić information content (AvgIpc) is 2.70. The number of rotatable bonds is 4. The van der Waals surface area contributed by atoms with Crippen molar-refractivity contribution < 1.29 is 4.79 Å². The van der Waals surface area contributed by atoms with Gasteiger partial charge in [0.2, 0.25) is 0 Å². The van der Waals surface area contributed by atoms with Gasteiger partial charge in [0, 0.05) is 23.9 Å². The molecule has 1 aliphatic heterocycles. The van der Waals surface area contributed by atoms with E-state index in [0.717, 1.165) is 18.5 Å². The van der Waals surface area contributed by atoms with Gasteiger partial charge in [0.05, 0.1) is 0 Å². The van der Waals surface area contributed by atoms with Gasteiger partial charge in [-0.3, -0.25) is 4.79 Å². The molecule has 1 fully saturated rings. The lowest BCUT2D eigenvalue weighted by Crippen LogP contribution is -2.25. The van der Waals surface area contributed by atoms with E-state index in [9.17, 15) is 4.79 Å². The zero-order valence-electron chi connectivity index (χ0n) is 9.21. The van der Waals surface area contributed by atoms with Crippen LogP contribution in [0.25, 0.3) is 0 Å². The quantitative estimate of drug-likeness (QED) is 0.872. The Labute approximate surface area is 101 Å². The first-order valence-corrected chi connectivity index (χ1v) is 6.11. The molecule has 1 heterocycles. The maximum atomic E-state index is 11.8. The SMILES string of the molecule is O=C(Cc1cccc(Cl)c1)CC1CCCN1. The molecule has 3 heteroatoms. The Kier molecular flexibility index (Phi) is 3.97. The van der Waals surface area contributed by atoms with Crippen LogP contribution in [0.15, 0.2) is 24.3 Å². The summed E-state index contributed by atoms with van der Waals surface area (Å²) in [6, 6.07) is 7.92. The fourth-order valence-electron chi connectivity index (χ4n) is 2.15. The zero-order chi connectivity index (χ0) is 11.4. The molecule has 0 saturated carbocycles. The number of Topliss-reactive ketones (excluding diaryl/α,β-unsaturated/α-hetero) is 1. The number of carbonyl (C=O) groups is 1. The van der Waals surface area contributed by atoms with E-state index in [-0.39, 0.29) is 0 Å². The van der Waals surface area contributed by atoms with Gasteiger partial charge in [0.1, 0.15) is 5.78 Å². The summed E-state index contributed by atoms with van der Waals surface area (Å²) in [6.45, 7) is 1.05. The molecule has 86 valence electrons. The lowest BCUT2D eigenvalue weighted by atomic mass is 10.0. The molecule has 1 aromatic carbocycles. The molecule has 1 aromatic rings. The molecule has 1 N–H and O–H groups in total. The fraction of sp³-hybridized carbons (Fsp3) is 0.462. The highest BCUT2D eigenvalue weighted by Gasteiger charge is 2.17. The highest BCUT2D eigenvalue weighted by atomic mass is 35.5. The normalized spacial score (nSPS) is 19.9. The molecule has 1 saturated heterocycles. The van der Waals surface area contributed by atoms with Crippen molar-refractivity contribution in [1.29, 1.82) is 0 Å². The number of ketones is 1. The Hall–Kier alpha value is -0.860. The van der Waals surface area contributed by atoms with E-state index < -0.39 is 0 Å². The summed E-state index contributed by atoms with van der Waals surface area (Å²) in [5.41, 5.74) is 1.01. The van der Waals surface area contributed by atoms with Crippen molar-refractivity contribution in [3.8, 4) is 0 Å². The first-order valence-electron chi connectivity index (χ1n) is 5.73. The van der Waals surface area contributed by atoms with Crippen LogP contribution in [0.4, 0.5) is 0 Å². The molecule has 0 bridgehead atoms. The van der Waals surface area contributed by atoms with Gasteiger partial charge in [0.25, 0.3) is 0 Å². The largest absolute Gasteiger partial charge is 0.314 e. The minimum atomic E-state index is 0.293. The Bertz CT molecular complexity index is 372. The Balaban J connectivity index is 1.86. The van der Waals surface area contributed by atoms with Gasteiger partial charge in [0.15, 0.2) is 0 Å². The van der Waals surface area contributed by atoms with E-state index in [4.69, 9.17) is 11.6 Å². The summed E-state index contributed by atoms with van der Waals surface area (Å²) in [6.07, 6.45) is 3.46. The van der Waals surface area contributed by atoms with Crippen molar-refractivity contribution in [2.45, 2.75) is 31.7 Å². The second kappa shape index (κ2) is 5.46. The molecule has 1 aliphatic rings. The van der Waals surface area contributed by atoms with E-state index in [1.165, 1.54) is 6.42 Å². The van der Waals surface area contributed by atoms with Gasteiger partial charge in [-0.2, -0.15) is 0 Å². The number of hydrogen-bond donors (Lipinski definition) is 1. The minimum absolute atomic E-state index is 0.293. The minimum Gasteiger partial charge on any atom is -0.314 e. The van der Waals surface area contributed by atoms with Crippen LogP contribution in [0.3, 0.4) is 0 Å². The predicted molar refractivity (Wildman–Crippen MR) is 65.8 cm³/mol. The van der Waals surface area contributed by atoms with Gasteiger partial charge in [-0.1, -0.05) is 23.7 Å². The molecule has 2 nitrogen and oxygen atoms in total. The molecule has 0 amide bonds. The highest BCUT2D eigenvalue weighted by molar-refractivity contribution is 6.30. The van der Waals surface area contributed by atoms with Gasteiger partial charge in [-0.05, 0) is 37.1 Å². The van der Waals surface area contributed by atoms with Crippen LogP contribution < -0.4 is 5.32 Å². The van der Waals surface area contributed by atoms with E-state index >= 15 is 0 Å². The lowest BCUT2D eigenvalue weighted by molar-refractivity contribution is -0.118. The third kappa shape index (κ3) is 3.32. The zero-order valence-corrected chi connectivity index (χ0v) is 9.96. The third-order valence-corrected chi connectivity index (χ3v) is 3.16. The van der Waals surface area contributed by atoms with Crippen molar-refractivity contribution in [1.82, 2.24) is 5.32 Å². The van der Waals surface area contributed by atoms with Crippen molar-refractivity contribution >= 4 is 17.4 Å². The van der Waals surface area contributed by atoms with Crippen molar-refractivity contribution in [3.05, 3.63) is 34.9 Å². The summed E-state index contributed by atoms with van der Waals surface area (Å²) < 4.78 is 0. The maximum absolute atomic E-state index is 11.8. The average molecular weight is 238 g/mol. The standard InChI is InChI=1S/C13H16ClNO/c14-11-4-1-3-10(7-11)8-13(16)9-12-5-2-6-15-12/h1,3-4,7,12,15H,2,5-6,8-9H2. The Morgan fingerprint density at radius 3 is 3.06 bits per heavy atom. The molecule has 1 atom stereocenters. The second-order valence-electron chi connectivity index (χ2n) is 4.34. The van der Waals surface area contributed by atoms with Gasteiger partial charge >= 0.3 is 0 Å². The predicted octanol–water partition coefficient (Wildman–Crippen LogP) is 2.59. The van der Waals surface area contributed by atoms with Crippen LogP contribution >= 0.6 is 11.6 Å². The van der Waals surface area contributed by atoms with Crippen LogP contribution in [0, 0.1) is 0 Å². The summed E-state index contributed by atoms with van der Waals surface area (Å²) in [5.74, 6) is 0.293. The number of benzene rings is 1. The molecule has 0 radical (unpaired) electrons. The van der Waals surface area contributed by atoms with Crippen LogP contribution in [-0.2, 0) is 11.2 Å². The molecule has 0 aliphatic carbocycles. The smallest absolute Gasteiger partial charge is 0.138 e. The third-order valence-electron chi connectivity index (χ3n) is 2.93. The summed E-state index contributed by atoms with van der Waals surface area (Å²) in [5, 5.41) is 4.04. The number of hydrogen-bond acceptors (Lipinski definition) is 2. The first kappa shape index (κ1) is 11.6. The van der Waals surface area contributed by atoms with Crippen molar-refractivity contribution in [3.63, 3.8) is 0 Å². The van der Waals surface area contributed by atoms with E-state index in [1.807, 2.05) is 24.3 Å². The van der Waals surface area contributed by atoms with Gasteiger partial charge in [-0.25, -0.2) is 0 Å². The van der Waals surface area contributed by atoms with Gasteiger partial charge in [-0.15, -0.1) is 0 Å². The molecule has 0 aromatic heterocycles. The van der Waals surface area contributed by atoms with Crippen LogP contribution in [0.1, 0.15) is 24.8 Å². The van der Waals surface area contributed by atoms with Crippen molar-refractivity contribution in [2.24, 2.45) is 0 Å². The molecule has 16 heavy (non-hydrogen) atoms. The number of carbonyl (C=O) groups excluding carboxylic acids is 1. The summed E-state index contributed by atoms with van der Waals surface area (Å²) in [7, 11) is 0. The fourth-order valence-corrected chi connectivity index (χ4v) is 2.37. The summed E-state index contributed by atoms with van der Waals surface area (Å²) in [4.78, 5) is 11.8. The molecular formula is C13H16ClNO. The molecular weight excluding hydrogens is 222 g/mol. The maximum Gasteiger partial charge on any atom is 0.138 e. The molecule has 1 unspecified atom stereocenters.